The summed E-state index contributed by atoms with van der Waals surface area (Å²) in [7, 11) is -4.01. The molecule has 2 fully saturated rings. The predicted octanol–water partition coefficient (Wildman–Crippen LogP) is 4.58. The standard InChI is InChI=1S/C24H21ClF3N3O4S/c25-17-4-1-12(22(32)31-15-10-18(26)21(28)19(27)11-15)7-20(17)36(34,35)16-8-13-2-3-14(9-16)24(13,33)23-29-5-6-30-23/h1,4-7,10-11,13-14,16,33H,2-3,8-9H2,(H,29,30)(H,31,32). The van der Waals surface area contributed by atoms with E-state index in [2.05, 4.69) is 15.3 Å². The number of carbonyl (C=O) groups is 1. The van der Waals surface area contributed by atoms with Crippen LogP contribution in [-0.2, 0) is 15.4 Å². The van der Waals surface area contributed by atoms with Gasteiger partial charge in [-0.1, -0.05) is 11.6 Å². The second-order valence-corrected chi connectivity index (χ2v) is 11.8. The molecule has 0 spiro atoms. The summed E-state index contributed by atoms with van der Waals surface area (Å²) in [5.41, 5.74) is -1.69. The van der Waals surface area contributed by atoms with Crippen LogP contribution in [0, 0.1) is 29.3 Å². The Hall–Kier alpha value is -2.89. The molecule has 2 unspecified atom stereocenters. The van der Waals surface area contributed by atoms with Gasteiger partial charge in [0, 0.05) is 35.8 Å². The van der Waals surface area contributed by atoms with E-state index in [1.807, 2.05) is 0 Å². The lowest BCUT2D eigenvalue weighted by Gasteiger charge is -2.41. The Balaban J connectivity index is 1.41. The van der Waals surface area contributed by atoms with Crippen molar-refractivity contribution in [2.45, 2.75) is 41.4 Å². The van der Waals surface area contributed by atoms with Gasteiger partial charge in [-0.25, -0.2) is 26.6 Å². The molecule has 5 rings (SSSR count). The predicted molar refractivity (Wildman–Crippen MR) is 125 cm³/mol. The number of nitrogens with zero attached hydrogens (tertiary/aromatic N) is 1. The zero-order valence-corrected chi connectivity index (χ0v) is 20.2. The van der Waals surface area contributed by atoms with Crippen LogP contribution in [0.1, 0.15) is 41.9 Å². The number of anilines is 1. The number of halogens is 4. The first-order valence-electron chi connectivity index (χ1n) is 11.2. The van der Waals surface area contributed by atoms with Crippen molar-refractivity contribution in [3.63, 3.8) is 0 Å². The smallest absolute Gasteiger partial charge is 0.255 e. The molecule has 2 aromatic carbocycles. The van der Waals surface area contributed by atoms with E-state index in [0.29, 0.717) is 30.8 Å². The number of fused-ring (bicyclic) bond motifs is 2. The third-order valence-electron chi connectivity index (χ3n) is 7.26. The normalized spacial score (nSPS) is 25.6. The third-order valence-corrected chi connectivity index (χ3v) is 9.92. The topological polar surface area (TPSA) is 112 Å². The van der Waals surface area contributed by atoms with E-state index in [4.69, 9.17) is 11.6 Å². The molecule has 3 aromatic rings. The fourth-order valence-electron chi connectivity index (χ4n) is 5.50. The molecule has 36 heavy (non-hydrogen) atoms. The molecule has 2 saturated carbocycles. The Labute approximate surface area is 209 Å². The van der Waals surface area contributed by atoms with Crippen LogP contribution in [0.4, 0.5) is 18.9 Å². The second kappa shape index (κ2) is 8.89. The van der Waals surface area contributed by atoms with Crippen molar-refractivity contribution < 1.29 is 31.5 Å². The number of amides is 1. The maximum atomic E-state index is 13.6. The molecule has 3 N–H and O–H groups in total. The molecule has 2 atom stereocenters. The number of rotatable bonds is 5. The lowest BCUT2D eigenvalue weighted by Crippen LogP contribution is -2.46. The van der Waals surface area contributed by atoms with Crippen molar-refractivity contribution in [2.24, 2.45) is 11.8 Å². The molecule has 0 radical (unpaired) electrons. The number of aromatic amines is 1. The van der Waals surface area contributed by atoms with E-state index in [0.717, 1.165) is 6.07 Å². The number of aromatic nitrogens is 2. The summed E-state index contributed by atoms with van der Waals surface area (Å²) in [4.78, 5) is 19.6. The van der Waals surface area contributed by atoms with E-state index >= 15 is 0 Å². The van der Waals surface area contributed by atoms with Crippen LogP contribution in [0.25, 0.3) is 0 Å². The van der Waals surface area contributed by atoms with Gasteiger partial charge in [-0.2, -0.15) is 0 Å². The second-order valence-electron chi connectivity index (χ2n) is 9.23. The maximum absolute atomic E-state index is 13.6. The number of imidazole rings is 1. The minimum Gasteiger partial charge on any atom is -0.381 e. The Morgan fingerprint density at radius 2 is 1.75 bits per heavy atom. The summed E-state index contributed by atoms with van der Waals surface area (Å²) < 4.78 is 67.4. The van der Waals surface area contributed by atoms with Gasteiger partial charge in [0.2, 0.25) is 0 Å². The molecule has 2 aliphatic carbocycles. The van der Waals surface area contributed by atoms with Crippen molar-refractivity contribution >= 4 is 33.0 Å². The van der Waals surface area contributed by atoms with Crippen LogP contribution in [0.15, 0.2) is 47.6 Å². The number of sulfone groups is 1. The number of benzene rings is 2. The van der Waals surface area contributed by atoms with Crippen molar-refractivity contribution in [1.29, 1.82) is 0 Å². The van der Waals surface area contributed by atoms with Gasteiger partial charge in [0.05, 0.1) is 15.2 Å². The van der Waals surface area contributed by atoms with Crippen molar-refractivity contribution in [3.8, 4) is 0 Å². The molecule has 1 aromatic heterocycles. The highest BCUT2D eigenvalue weighted by Crippen LogP contribution is 2.56. The summed E-state index contributed by atoms with van der Waals surface area (Å²) in [6.07, 6.45) is 4.83. The van der Waals surface area contributed by atoms with Gasteiger partial charge in [0.1, 0.15) is 11.4 Å². The van der Waals surface area contributed by atoms with Crippen LogP contribution in [-0.4, -0.2) is 34.6 Å². The van der Waals surface area contributed by atoms with Gasteiger partial charge in [-0.3, -0.25) is 4.79 Å². The summed E-state index contributed by atoms with van der Waals surface area (Å²) in [6, 6.07) is 4.86. The van der Waals surface area contributed by atoms with Gasteiger partial charge in [-0.05, 0) is 55.7 Å². The van der Waals surface area contributed by atoms with Gasteiger partial charge >= 0.3 is 0 Å². The lowest BCUT2D eigenvalue weighted by atomic mass is 9.74. The zero-order chi connectivity index (χ0) is 25.8. The van der Waals surface area contributed by atoms with Crippen molar-refractivity contribution in [2.75, 3.05) is 5.32 Å². The number of aliphatic hydroxyl groups is 1. The molecule has 12 heteroatoms. The third kappa shape index (κ3) is 3.99. The molecule has 2 aliphatic rings. The molecule has 190 valence electrons. The minimum atomic E-state index is -4.01. The molecule has 7 nitrogen and oxygen atoms in total. The first-order chi connectivity index (χ1) is 17.0. The van der Waals surface area contributed by atoms with E-state index in [1.165, 1.54) is 12.1 Å². The van der Waals surface area contributed by atoms with Crippen LogP contribution >= 0.6 is 11.6 Å². The summed E-state index contributed by atoms with van der Waals surface area (Å²) >= 11 is 6.23. The molecule has 1 amide bonds. The highest BCUT2D eigenvalue weighted by atomic mass is 35.5. The van der Waals surface area contributed by atoms with E-state index in [-0.39, 0.29) is 45.8 Å². The quantitative estimate of drug-likeness (QED) is 0.411. The molecule has 2 bridgehead atoms. The Kier molecular flexibility index (Phi) is 6.12. The van der Waals surface area contributed by atoms with Gasteiger partial charge < -0.3 is 15.4 Å². The van der Waals surface area contributed by atoms with E-state index < -0.39 is 44.0 Å². The Bertz CT molecular complexity index is 1410. The van der Waals surface area contributed by atoms with E-state index in [1.54, 1.807) is 12.4 Å². The number of H-pyrrole nitrogens is 1. The fraction of sp³-hybridized carbons (Fsp3) is 0.333. The minimum absolute atomic E-state index is 0.0790. The highest BCUT2D eigenvalue weighted by Gasteiger charge is 2.58. The maximum Gasteiger partial charge on any atom is 0.255 e. The number of nitrogens with one attached hydrogen (secondary N) is 2. The fourth-order valence-corrected chi connectivity index (χ4v) is 7.90. The van der Waals surface area contributed by atoms with Gasteiger partial charge in [-0.15, -0.1) is 0 Å². The molecule has 0 saturated heterocycles. The number of hydrogen-bond acceptors (Lipinski definition) is 5. The molecular formula is C24H21ClF3N3O4S. The average Bonchev–Trinajstić information content (AvgIpc) is 3.40. The molecule has 1 heterocycles. The average molecular weight is 540 g/mol. The van der Waals surface area contributed by atoms with Crippen molar-refractivity contribution in [1.82, 2.24) is 9.97 Å². The molecule has 0 aliphatic heterocycles. The number of carbonyl (C=O) groups excluding carboxylic acids is 1. The van der Waals surface area contributed by atoms with Gasteiger partial charge in [0.15, 0.2) is 27.3 Å². The van der Waals surface area contributed by atoms with Crippen LogP contribution in [0.5, 0.6) is 0 Å². The van der Waals surface area contributed by atoms with Crippen LogP contribution < -0.4 is 5.32 Å². The summed E-state index contributed by atoms with van der Waals surface area (Å²) in [6.45, 7) is 0. The first-order valence-corrected chi connectivity index (χ1v) is 13.2. The summed E-state index contributed by atoms with van der Waals surface area (Å²) in [5.74, 6) is -5.71. The van der Waals surface area contributed by atoms with Crippen LogP contribution in [0.2, 0.25) is 5.02 Å². The SMILES string of the molecule is O=C(Nc1cc(F)c(F)c(F)c1)c1ccc(Cl)c(S(=O)(=O)C2CC3CCC(C2)C3(O)c2ncc[nH]2)c1. The van der Waals surface area contributed by atoms with E-state index in [9.17, 15) is 31.5 Å². The first kappa shape index (κ1) is 24.8. The van der Waals surface area contributed by atoms with Crippen molar-refractivity contribution in [3.05, 3.63) is 76.6 Å². The Morgan fingerprint density at radius 3 is 2.33 bits per heavy atom. The highest BCUT2D eigenvalue weighted by molar-refractivity contribution is 7.92. The Morgan fingerprint density at radius 1 is 1.11 bits per heavy atom. The summed E-state index contributed by atoms with van der Waals surface area (Å²) in [5, 5.41) is 12.7. The largest absolute Gasteiger partial charge is 0.381 e. The molecular weight excluding hydrogens is 519 g/mol. The van der Waals surface area contributed by atoms with Crippen LogP contribution in [0.3, 0.4) is 0 Å². The zero-order valence-electron chi connectivity index (χ0n) is 18.6. The lowest BCUT2D eigenvalue weighted by molar-refractivity contribution is -0.0713. The monoisotopic (exact) mass is 539 g/mol. The van der Waals surface area contributed by atoms with Gasteiger partial charge in [0.25, 0.3) is 5.91 Å². The number of hydrogen-bond donors (Lipinski definition) is 3.